The molecule has 7 heteroatoms. The molecule has 0 radical (unpaired) electrons. The van der Waals surface area contributed by atoms with Crippen LogP contribution in [0, 0.1) is 0 Å². The number of anilines is 1. The van der Waals surface area contributed by atoms with Crippen LogP contribution in [-0.2, 0) is 0 Å². The van der Waals surface area contributed by atoms with Crippen LogP contribution in [0.2, 0.25) is 0 Å². The molecule has 0 unspecified atom stereocenters. The van der Waals surface area contributed by atoms with Gasteiger partial charge in [0.05, 0.1) is 5.56 Å². The van der Waals surface area contributed by atoms with Crippen molar-refractivity contribution in [2.24, 2.45) is 0 Å². The maximum absolute atomic E-state index is 11.6. The molecule has 0 fully saturated rings. The summed E-state index contributed by atoms with van der Waals surface area (Å²) in [6.45, 7) is 0. The number of carbonyl (C=O) groups is 2. The molecule has 0 aliphatic rings. The molecule has 18 heavy (non-hydrogen) atoms. The zero-order valence-electron chi connectivity index (χ0n) is 9.06. The fraction of sp³-hybridized carbons (Fsp3) is 0. The highest BCUT2D eigenvalue weighted by Gasteiger charge is 2.08. The minimum Gasteiger partial charge on any atom is -0.478 e. The lowest BCUT2D eigenvalue weighted by atomic mass is 10.2. The second-order valence-electron chi connectivity index (χ2n) is 3.49. The van der Waals surface area contributed by atoms with Crippen molar-refractivity contribution in [2.75, 3.05) is 5.32 Å². The average molecular weight is 247 g/mol. The van der Waals surface area contributed by atoms with Gasteiger partial charge in [0.1, 0.15) is 5.69 Å². The molecule has 0 bridgehead atoms. The second-order valence-corrected chi connectivity index (χ2v) is 3.49. The fourth-order valence-electron chi connectivity index (χ4n) is 1.35. The molecule has 1 aromatic heterocycles. The first kappa shape index (κ1) is 11.6. The SMILES string of the molecule is O=C(O)c1ccc(NC(=O)c2c[nH]c(=O)[nH]2)cc1. The van der Waals surface area contributed by atoms with Crippen LogP contribution in [0.25, 0.3) is 0 Å². The predicted octanol–water partition coefficient (Wildman–Crippen LogP) is 0.653. The van der Waals surface area contributed by atoms with Gasteiger partial charge >= 0.3 is 11.7 Å². The quantitative estimate of drug-likeness (QED) is 0.637. The lowest BCUT2D eigenvalue weighted by Gasteiger charge is -2.03. The summed E-state index contributed by atoms with van der Waals surface area (Å²) in [4.78, 5) is 37.7. The second kappa shape index (κ2) is 4.58. The topological polar surface area (TPSA) is 115 Å². The Morgan fingerprint density at radius 2 is 1.83 bits per heavy atom. The number of hydrogen-bond acceptors (Lipinski definition) is 3. The molecule has 7 nitrogen and oxygen atoms in total. The van der Waals surface area contributed by atoms with Crippen LogP contribution in [0.1, 0.15) is 20.8 Å². The molecule has 2 rings (SSSR count). The number of aromatic nitrogens is 2. The Morgan fingerprint density at radius 3 is 2.33 bits per heavy atom. The van der Waals surface area contributed by atoms with Gasteiger partial charge in [-0.05, 0) is 24.3 Å². The molecule has 1 heterocycles. The van der Waals surface area contributed by atoms with Gasteiger partial charge < -0.3 is 20.4 Å². The molecule has 0 spiro atoms. The number of carbonyl (C=O) groups excluding carboxylic acids is 1. The number of aromatic carboxylic acids is 1. The summed E-state index contributed by atoms with van der Waals surface area (Å²) in [6, 6.07) is 5.67. The smallest absolute Gasteiger partial charge is 0.335 e. The lowest BCUT2D eigenvalue weighted by Crippen LogP contribution is -2.14. The Bertz CT molecular complexity index is 639. The molecule has 1 aromatic carbocycles. The van der Waals surface area contributed by atoms with E-state index in [1.165, 1.54) is 30.5 Å². The van der Waals surface area contributed by atoms with E-state index in [1.54, 1.807) is 0 Å². The largest absolute Gasteiger partial charge is 0.478 e. The van der Waals surface area contributed by atoms with Crippen LogP contribution in [0.4, 0.5) is 5.69 Å². The Labute approximate surface area is 100 Å². The first-order valence-corrected chi connectivity index (χ1v) is 4.98. The third-order valence-corrected chi connectivity index (χ3v) is 2.23. The summed E-state index contributed by atoms with van der Waals surface area (Å²) in [5, 5.41) is 11.2. The van der Waals surface area contributed by atoms with Gasteiger partial charge in [-0.15, -0.1) is 0 Å². The van der Waals surface area contributed by atoms with Crippen molar-refractivity contribution in [2.45, 2.75) is 0 Å². The predicted molar refractivity (Wildman–Crippen MR) is 62.8 cm³/mol. The third-order valence-electron chi connectivity index (χ3n) is 2.23. The van der Waals surface area contributed by atoms with Gasteiger partial charge in [-0.3, -0.25) is 4.79 Å². The number of carboxylic acid groups (broad SMARTS) is 1. The maximum Gasteiger partial charge on any atom is 0.335 e. The molecule has 0 saturated carbocycles. The molecule has 0 atom stereocenters. The summed E-state index contributed by atoms with van der Waals surface area (Å²) in [5.74, 6) is -1.53. The van der Waals surface area contributed by atoms with Crippen LogP contribution in [0.3, 0.4) is 0 Å². The molecule has 92 valence electrons. The Kier molecular flexibility index (Phi) is 2.96. The van der Waals surface area contributed by atoms with E-state index >= 15 is 0 Å². The van der Waals surface area contributed by atoms with Crippen LogP contribution < -0.4 is 11.0 Å². The van der Waals surface area contributed by atoms with E-state index in [1.807, 2.05) is 0 Å². The molecule has 0 aliphatic carbocycles. The lowest BCUT2D eigenvalue weighted by molar-refractivity contribution is 0.0696. The standard InChI is InChI=1S/C11H9N3O4/c15-9(8-5-12-11(18)14-8)13-7-3-1-6(2-4-7)10(16)17/h1-5H,(H,13,15)(H,16,17)(H2,12,14,18). The van der Waals surface area contributed by atoms with Crippen molar-refractivity contribution >= 4 is 17.6 Å². The highest BCUT2D eigenvalue weighted by Crippen LogP contribution is 2.10. The van der Waals surface area contributed by atoms with Crippen LogP contribution in [0.15, 0.2) is 35.3 Å². The summed E-state index contributed by atoms with van der Waals surface area (Å²) < 4.78 is 0. The number of amides is 1. The van der Waals surface area contributed by atoms with Crippen molar-refractivity contribution in [1.29, 1.82) is 0 Å². The Morgan fingerprint density at radius 1 is 1.17 bits per heavy atom. The average Bonchev–Trinajstić information content (AvgIpc) is 2.76. The van der Waals surface area contributed by atoms with Gasteiger partial charge in [0, 0.05) is 11.9 Å². The highest BCUT2D eigenvalue weighted by atomic mass is 16.4. The molecule has 4 N–H and O–H groups in total. The van der Waals surface area contributed by atoms with Gasteiger partial charge in [0.15, 0.2) is 0 Å². The molecular formula is C11H9N3O4. The molecular weight excluding hydrogens is 238 g/mol. The normalized spacial score (nSPS) is 10.0. The molecule has 0 aliphatic heterocycles. The number of carboxylic acids is 1. The van der Waals surface area contributed by atoms with E-state index in [-0.39, 0.29) is 11.3 Å². The molecule has 0 saturated heterocycles. The highest BCUT2D eigenvalue weighted by molar-refractivity contribution is 6.02. The summed E-state index contributed by atoms with van der Waals surface area (Å²) in [7, 11) is 0. The summed E-state index contributed by atoms with van der Waals surface area (Å²) >= 11 is 0. The number of aromatic amines is 2. The van der Waals surface area contributed by atoms with Crippen LogP contribution in [0.5, 0.6) is 0 Å². The Hall–Kier alpha value is -2.83. The van der Waals surface area contributed by atoms with Crippen molar-refractivity contribution in [3.63, 3.8) is 0 Å². The van der Waals surface area contributed by atoms with E-state index in [9.17, 15) is 14.4 Å². The van der Waals surface area contributed by atoms with E-state index in [0.717, 1.165) is 0 Å². The number of hydrogen-bond donors (Lipinski definition) is 4. The van der Waals surface area contributed by atoms with Gasteiger partial charge in [-0.2, -0.15) is 0 Å². The first-order chi connectivity index (χ1) is 8.56. The molecule has 2 aromatic rings. The summed E-state index contributed by atoms with van der Waals surface area (Å²) in [6.07, 6.45) is 1.25. The minimum absolute atomic E-state index is 0.0994. The minimum atomic E-state index is -1.04. The van der Waals surface area contributed by atoms with E-state index in [4.69, 9.17) is 5.11 Å². The van der Waals surface area contributed by atoms with Crippen molar-refractivity contribution in [3.05, 3.63) is 52.2 Å². The van der Waals surface area contributed by atoms with Gasteiger partial charge in [0.2, 0.25) is 0 Å². The number of imidazole rings is 1. The number of rotatable bonds is 3. The fourth-order valence-corrected chi connectivity index (χ4v) is 1.35. The third kappa shape index (κ3) is 2.46. The van der Waals surface area contributed by atoms with Crippen molar-refractivity contribution in [3.8, 4) is 0 Å². The number of nitrogens with one attached hydrogen (secondary N) is 3. The van der Waals surface area contributed by atoms with E-state index in [2.05, 4.69) is 15.3 Å². The van der Waals surface area contributed by atoms with Gasteiger partial charge in [0.25, 0.3) is 5.91 Å². The number of H-pyrrole nitrogens is 2. The van der Waals surface area contributed by atoms with Gasteiger partial charge in [-0.25, -0.2) is 9.59 Å². The Balaban J connectivity index is 2.12. The molecule has 1 amide bonds. The van der Waals surface area contributed by atoms with Gasteiger partial charge in [-0.1, -0.05) is 0 Å². The van der Waals surface area contributed by atoms with Crippen LogP contribution >= 0.6 is 0 Å². The van der Waals surface area contributed by atoms with E-state index < -0.39 is 17.6 Å². The zero-order valence-corrected chi connectivity index (χ0v) is 9.06. The summed E-state index contributed by atoms with van der Waals surface area (Å²) in [5.41, 5.74) is 0.193. The van der Waals surface area contributed by atoms with Crippen molar-refractivity contribution < 1.29 is 14.7 Å². The monoisotopic (exact) mass is 247 g/mol. The van der Waals surface area contributed by atoms with E-state index in [0.29, 0.717) is 5.69 Å². The number of benzene rings is 1. The zero-order chi connectivity index (χ0) is 13.1. The first-order valence-electron chi connectivity index (χ1n) is 4.98. The van der Waals surface area contributed by atoms with Crippen molar-refractivity contribution in [1.82, 2.24) is 9.97 Å². The van der Waals surface area contributed by atoms with Crippen LogP contribution in [-0.4, -0.2) is 27.0 Å². The maximum atomic E-state index is 11.6.